The van der Waals surface area contributed by atoms with Crippen molar-refractivity contribution in [1.82, 2.24) is 20.4 Å². The molecule has 176 valence electrons. The number of carbonyl (C=O) groups is 3. The van der Waals surface area contributed by atoms with Gasteiger partial charge in [0.2, 0.25) is 15.9 Å². The monoisotopic (exact) mass is 497 g/mol. The lowest BCUT2D eigenvalue weighted by molar-refractivity contribution is -0.126. The van der Waals surface area contributed by atoms with Crippen LogP contribution in [0.5, 0.6) is 0 Å². The highest BCUT2D eigenvalue weighted by atomic mass is 35.5. The van der Waals surface area contributed by atoms with Crippen molar-refractivity contribution in [2.45, 2.75) is 26.3 Å². The zero-order valence-electron chi connectivity index (χ0n) is 18.6. The van der Waals surface area contributed by atoms with E-state index in [0.29, 0.717) is 36.8 Å². The number of nitrogens with one attached hydrogen (secondary N) is 2. The lowest BCUT2D eigenvalue weighted by Crippen LogP contribution is -2.45. The molecule has 1 saturated heterocycles. The third kappa shape index (κ3) is 5.78. The second-order valence-corrected chi connectivity index (χ2v) is 9.53. The molecule has 34 heavy (non-hydrogen) atoms. The van der Waals surface area contributed by atoms with Gasteiger partial charge in [0.15, 0.2) is 0 Å². The summed E-state index contributed by atoms with van der Waals surface area (Å²) in [5, 5.41) is 14.2. The molecule has 1 atom stereocenters. The standard InChI is InChI=1S/C24H24ClN5O3S/c1-15-6-2-3-7-16(15)13-26-20(31)17-8-5-11-30(14-17)24(33)23-29-28-22(34-23)21(32)27-19-10-4-9-18(25)12-19/h2-4,6-7,9-10,12,17H,5,8,11,13-14H2,1H3,(H,26,31)(H,27,32)/t17-/m0/s1. The largest absolute Gasteiger partial charge is 0.352 e. The van der Waals surface area contributed by atoms with Crippen LogP contribution in [0.2, 0.25) is 5.02 Å². The number of anilines is 1. The fourth-order valence-electron chi connectivity index (χ4n) is 3.80. The molecule has 2 heterocycles. The Labute approximate surface area is 206 Å². The summed E-state index contributed by atoms with van der Waals surface area (Å²) in [5.41, 5.74) is 2.71. The summed E-state index contributed by atoms with van der Waals surface area (Å²) in [5.74, 6) is -1.15. The number of aryl methyl sites for hydroxylation is 1. The van der Waals surface area contributed by atoms with Gasteiger partial charge in [-0.15, -0.1) is 10.2 Å². The molecular weight excluding hydrogens is 474 g/mol. The van der Waals surface area contributed by atoms with Crippen molar-refractivity contribution in [2.24, 2.45) is 5.92 Å². The van der Waals surface area contributed by atoms with Gasteiger partial charge in [-0.05, 0) is 49.1 Å². The second kappa shape index (κ2) is 10.8. The van der Waals surface area contributed by atoms with E-state index in [1.165, 1.54) is 0 Å². The zero-order chi connectivity index (χ0) is 24.1. The number of halogens is 1. The van der Waals surface area contributed by atoms with Crippen molar-refractivity contribution in [2.75, 3.05) is 18.4 Å². The Bertz CT molecular complexity index is 1210. The van der Waals surface area contributed by atoms with Gasteiger partial charge in [-0.2, -0.15) is 0 Å². The summed E-state index contributed by atoms with van der Waals surface area (Å²) in [4.78, 5) is 39.8. The van der Waals surface area contributed by atoms with Gasteiger partial charge in [0.05, 0.1) is 5.92 Å². The molecule has 1 aromatic heterocycles. The van der Waals surface area contributed by atoms with Crippen molar-refractivity contribution < 1.29 is 14.4 Å². The fourth-order valence-corrected chi connectivity index (χ4v) is 4.70. The summed E-state index contributed by atoms with van der Waals surface area (Å²) in [6, 6.07) is 14.6. The Hall–Kier alpha value is -3.30. The Morgan fingerprint density at radius 3 is 2.71 bits per heavy atom. The Kier molecular flexibility index (Phi) is 7.54. The topological polar surface area (TPSA) is 104 Å². The van der Waals surface area contributed by atoms with Gasteiger partial charge in [0.25, 0.3) is 11.8 Å². The molecule has 4 rings (SSSR count). The van der Waals surface area contributed by atoms with E-state index in [-0.39, 0.29) is 27.7 Å². The van der Waals surface area contributed by atoms with E-state index in [9.17, 15) is 14.4 Å². The Balaban J connectivity index is 1.34. The number of rotatable bonds is 6. The van der Waals surface area contributed by atoms with Crippen LogP contribution in [-0.2, 0) is 11.3 Å². The molecule has 1 aliphatic heterocycles. The second-order valence-electron chi connectivity index (χ2n) is 8.11. The maximum atomic E-state index is 13.0. The fraction of sp³-hybridized carbons (Fsp3) is 0.292. The number of aromatic nitrogens is 2. The minimum atomic E-state index is -0.467. The summed E-state index contributed by atoms with van der Waals surface area (Å²) in [6.45, 7) is 3.30. The molecule has 3 amide bonds. The maximum Gasteiger partial charge on any atom is 0.286 e. The van der Waals surface area contributed by atoms with Gasteiger partial charge < -0.3 is 15.5 Å². The van der Waals surface area contributed by atoms with E-state index >= 15 is 0 Å². The van der Waals surface area contributed by atoms with Crippen LogP contribution in [0.15, 0.2) is 48.5 Å². The molecular formula is C24H24ClN5O3S. The van der Waals surface area contributed by atoms with Crippen LogP contribution in [0, 0.1) is 12.8 Å². The number of amides is 3. The van der Waals surface area contributed by atoms with E-state index in [4.69, 9.17) is 11.6 Å². The molecule has 1 aliphatic rings. The summed E-state index contributed by atoms with van der Waals surface area (Å²) >= 11 is 6.87. The van der Waals surface area contributed by atoms with E-state index in [1.54, 1.807) is 29.2 Å². The maximum absolute atomic E-state index is 13.0. The first-order chi connectivity index (χ1) is 16.4. The Morgan fingerprint density at radius 1 is 1.12 bits per heavy atom. The highest BCUT2D eigenvalue weighted by Gasteiger charge is 2.31. The molecule has 0 spiro atoms. The van der Waals surface area contributed by atoms with Crippen molar-refractivity contribution >= 4 is 46.3 Å². The van der Waals surface area contributed by atoms with Gasteiger partial charge in [-0.25, -0.2) is 0 Å². The van der Waals surface area contributed by atoms with Gasteiger partial charge in [-0.1, -0.05) is 53.3 Å². The molecule has 2 aromatic carbocycles. The summed E-state index contributed by atoms with van der Waals surface area (Å²) in [6.07, 6.45) is 1.43. The van der Waals surface area contributed by atoms with Gasteiger partial charge in [0, 0.05) is 30.3 Å². The highest BCUT2D eigenvalue weighted by molar-refractivity contribution is 7.15. The lowest BCUT2D eigenvalue weighted by atomic mass is 9.97. The predicted molar refractivity (Wildman–Crippen MR) is 131 cm³/mol. The molecule has 0 saturated carbocycles. The van der Waals surface area contributed by atoms with Crippen LogP contribution in [0.3, 0.4) is 0 Å². The smallest absolute Gasteiger partial charge is 0.286 e. The van der Waals surface area contributed by atoms with Crippen LogP contribution < -0.4 is 10.6 Å². The molecule has 10 heteroatoms. The normalized spacial score (nSPS) is 15.6. The third-order valence-corrected chi connectivity index (χ3v) is 6.82. The molecule has 0 aliphatic carbocycles. The van der Waals surface area contributed by atoms with Gasteiger partial charge in [-0.3, -0.25) is 14.4 Å². The van der Waals surface area contributed by atoms with Crippen molar-refractivity contribution in [3.8, 4) is 0 Å². The number of nitrogens with zero attached hydrogens (tertiary/aromatic N) is 3. The third-order valence-electron chi connectivity index (χ3n) is 5.68. The zero-order valence-corrected chi connectivity index (χ0v) is 20.2. The Morgan fingerprint density at radius 2 is 1.91 bits per heavy atom. The number of hydrogen-bond acceptors (Lipinski definition) is 6. The summed E-state index contributed by atoms with van der Waals surface area (Å²) in [7, 11) is 0. The average molecular weight is 498 g/mol. The molecule has 2 N–H and O–H groups in total. The highest BCUT2D eigenvalue weighted by Crippen LogP contribution is 2.22. The molecule has 0 unspecified atom stereocenters. The van der Waals surface area contributed by atoms with Crippen LogP contribution in [-0.4, -0.2) is 45.9 Å². The minimum Gasteiger partial charge on any atom is -0.352 e. The van der Waals surface area contributed by atoms with Crippen LogP contribution >= 0.6 is 22.9 Å². The van der Waals surface area contributed by atoms with Gasteiger partial charge in [0.1, 0.15) is 0 Å². The summed E-state index contributed by atoms with van der Waals surface area (Å²) < 4.78 is 0. The van der Waals surface area contributed by atoms with Crippen molar-refractivity contribution in [3.05, 3.63) is 74.7 Å². The van der Waals surface area contributed by atoms with E-state index in [1.807, 2.05) is 31.2 Å². The van der Waals surface area contributed by atoms with E-state index in [0.717, 1.165) is 28.9 Å². The molecule has 3 aromatic rings. The predicted octanol–water partition coefficient (Wildman–Crippen LogP) is 3.92. The van der Waals surface area contributed by atoms with Crippen molar-refractivity contribution in [1.29, 1.82) is 0 Å². The van der Waals surface area contributed by atoms with Crippen molar-refractivity contribution in [3.63, 3.8) is 0 Å². The van der Waals surface area contributed by atoms with E-state index < -0.39 is 5.91 Å². The number of carbonyl (C=O) groups excluding carboxylic acids is 3. The molecule has 1 fully saturated rings. The number of hydrogen-bond donors (Lipinski definition) is 2. The first-order valence-electron chi connectivity index (χ1n) is 10.9. The van der Waals surface area contributed by atoms with Crippen LogP contribution in [0.25, 0.3) is 0 Å². The quantitative estimate of drug-likeness (QED) is 0.537. The SMILES string of the molecule is Cc1ccccc1CNC(=O)[C@H]1CCCN(C(=O)c2nnc(C(=O)Nc3cccc(Cl)c3)s2)C1. The number of likely N-dealkylation sites (tertiary alicyclic amines) is 1. The molecule has 8 nitrogen and oxygen atoms in total. The van der Waals surface area contributed by atoms with Crippen LogP contribution in [0.4, 0.5) is 5.69 Å². The lowest BCUT2D eigenvalue weighted by Gasteiger charge is -2.31. The number of piperidine rings is 1. The van der Waals surface area contributed by atoms with Crippen LogP contribution in [0.1, 0.15) is 43.6 Å². The average Bonchev–Trinajstić information content (AvgIpc) is 3.33. The molecule has 0 radical (unpaired) electrons. The van der Waals surface area contributed by atoms with Gasteiger partial charge >= 0.3 is 0 Å². The van der Waals surface area contributed by atoms with E-state index in [2.05, 4.69) is 20.8 Å². The number of benzene rings is 2. The first-order valence-corrected chi connectivity index (χ1v) is 12.1. The minimum absolute atomic E-state index is 0.0698. The molecule has 0 bridgehead atoms. The first kappa shape index (κ1) is 23.8.